The summed E-state index contributed by atoms with van der Waals surface area (Å²) in [4.78, 5) is 23.2. The minimum atomic E-state index is -0.538. The lowest BCUT2D eigenvalue weighted by Gasteiger charge is -2.10. The Balaban J connectivity index is 2.27. The molecule has 0 aliphatic carbocycles. The molecule has 0 fully saturated rings. The van der Waals surface area contributed by atoms with Crippen molar-refractivity contribution in [2.24, 2.45) is 0 Å². The Morgan fingerprint density at radius 2 is 2.17 bits per heavy atom. The zero-order valence-electron chi connectivity index (χ0n) is 13.5. The number of carbonyl (C=O) groups excluding carboxylic acids is 1. The van der Waals surface area contributed by atoms with Crippen molar-refractivity contribution in [3.8, 4) is 5.75 Å². The van der Waals surface area contributed by atoms with Crippen LogP contribution in [0.25, 0.3) is 11.0 Å². The molecule has 5 nitrogen and oxygen atoms in total. The molecule has 2 rings (SSSR count). The van der Waals surface area contributed by atoms with Gasteiger partial charge in [0.2, 0.25) is 0 Å². The number of hydrogen-bond acceptors (Lipinski definition) is 5. The van der Waals surface area contributed by atoms with E-state index in [0.29, 0.717) is 10.6 Å². The van der Waals surface area contributed by atoms with Crippen molar-refractivity contribution in [3.05, 3.63) is 51.9 Å². The van der Waals surface area contributed by atoms with E-state index in [4.69, 9.17) is 25.5 Å². The van der Waals surface area contributed by atoms with E-state index in [2.05, 4.69) is 13.5 Å². The van der Waals surface area contributed by atoms with Crippen LogP contribution in [0.15, 0.2) is 40.1 Å². The maximum Gasteiger partial charge on any atom is 0.344 e. The van der Waals surface area contributed by atoms with Gasteiger partial charge in [-0.15, -0.1) is 0 Å². The van der Waals surface area contributed by atoms with Crippen LogP contribution in [0.1, 0.15) is 25.3 Å². The van der Waals surface area contributed by atoms with Crippen molar-refractivity contribution in [3.63, 3.8) is 0 Å². The van der Waals surface area contributed by atoms with Gasteiger partial charge in [0, 0.05) is 17.5 Å². The van der Waals surface area contributed by atoms with Gasteiger partial charge < -0.3 is 13.9 Å². The number of carbonyl (C=O) groups is 1. The van der Waals surface area contributed by atoms with Gasteiger partial charge in [-0.2, -0.15) is 0 Å². The molecule has 128 valence electrons. The van der Waals surface area contributed by atoms with Crippen LogP contribution in [0.5, 0.6) is 5.75 Å². The number of esters is 1. The molecule has 0 N–H and O–H groups in total. The van der Waals surface area contributed by atoms with Crippen LogP contribution in [0.3, 0.4) is 0 Å². The summed E-state index contributed by atoms with van der Waals surface area (Å²) in [7, 11) is 0. The van der Waals surface area contributed by atoms with Gasteiger partial charge in [0.15, 0.2) is 6.61 Å². The lowest BCUT2D eigenvalue weighted by Crippen LogP contribution is -2.15. The van der Waals surface area contributed by atoms with Gasteiger partial charge in [0.05, 0.1) is 5.02 Å². The Bertz CT molecular complexity index is 794. The standard InChI is InChI=1S/C18H19ClO5/c1-3-5-6-12-8-17(20)24-15-10-16(14(19)9-13(12)15)23-11-18(21)22-7-4-2/h4,8-10H,2-3,5-7,11H2,1H3. The molecule has 0 unspecified atom stereocenters. The third-order valence-electron chi connectivity index (χ3n) is 3.39. The summed E-state index contributed by atoms with van der Waals surface area (Å²) in [6, 6.07) is 4.70. The number of unbranched alkanes of at least 4 members (excludes halogenated alkanes) is 1. The van der Waals surface area contributed by atoms with Crippen molar-refractivity contribution in [2.75, 3.05) is 13.2 Å². The van der Waals surface area contributed by atoms with Gasteiger partial charge in [0.1, 0.15) is 17.9 Å². The number of rotatable bonds is 8. The number of ether oxygens (including phenoxy) is 2. The Hall–Kier alpha value is -2.27. The second-order valence-corrected chi connectivity index (χ2v) is 5.64. The molecule has 1 aromatic carbocycles. The third kappa shape index (κ3) is 4.61. The maximum atomic E-state index is 11.7. The van der Waals surface area contributed by atoms with E-state index in [-0.39, 0.29) is 19.0 Å². The summed E-state index contributed by atoms with van der Waals surface area (Å²) < 4.78 is 15.4. The van der Waals surface area contributed by atoms with E-state index < -0.39 is 11.6 Å². The lowest BCUT2D eigenvalue weighted by atomic mass is 10.0. The predicted octanol–water partition coefficient (Wildman–Crippen LogP) is 3.90. The molecule has 2 aromatic rings. The molecular weight excluding hydrogens is 332 g/mol. The second kappa shape index (κ2) is 8.55. The first kappa shape index (κ1) is 18.1. The van der Waals surface area contributed by atoms with E-state index in [9.17, 15) is 9.59 Å². The summed E-state index contributed by atoms with van der Waals surface area (Å²) in [6.45, 7) is 5.36. The zero-order chi connectivity index (χ0) is 17.5. The van der Waals surface area contributed by atoms with Gasteiger partial charge >= 0.3 is 11.6 Å². The number of fused-ring (bicyclic) bond motifs is 1. The topological polar surface area (TPSA) is 65.7 Å². The van der Waals surface area contributed by atoms with Gasteiger partial charge in [-0.1, -0.05) is 37.6 Å². The Morgan fingerprint density at radius 1 is 1.38 bits per heavy atom. The summed E-state index contributed by atoms with van der Waals surface area (Å²) in [5.74, 6) is -0.278. The summed E-state index contributed by atoms with van der Waals surface area (Å²) >= 11 is 6.22. The normalized spacial score (nSPS) is 10.6. The van der Waals surface area contributed by atoms with Crippen molar-refractivity contribution in [2.45, 2.75) is 26.2 Å². The van der Waals surface area contributed by atoms with E-state index in [0.717, 1.165) is 30.2 Å². The fourth-order valence-electron chi connectivity index (χ4n) is 2.24. The first-order valence-electron chi connectivity index (χ1n) is 7.70. The summed E-state index contributed by atoms with van der Waals surface area (Å²) in [5.41, 5.74) is 0.849. The molecule has 0 aliphatic heterocycles. The van der Waals surface area contributed by atoms with Crippen molar-refractivity contribution < 1.29 is 18.7 Å². The molecule has 0 bridgehead atoms. The highest BCUT2D eigenvalue weighted by Gasteiger charge is 2.12. The number of benzene rings is 1. The molecule has 1 aromatic heterocycles. The van der Waals surface area contributed by atoms with Gasteiger partial charge in [-0.3, -0.25) is 0 Å². The smallest absolute Gasteiger partial charge is 0.344 e. The quantitative estimate of drug-likeness (QED) is 0.410. The highest BCUT2D eigenvalue weighted by Crippen LogP contribution is 2.31. The van der Waals surface area contributed by atoms with Crippen molar-refractivity contribution in [1.82, 2.24) is 0 Å². The number of aryl methyl sites for hydroxylation is 1. The molecular formula is C18H19ClO5. The molecule has 1 heterocycles. The molecule has 0 radical (unpaired) electrons. The monoisotopic (exact) mass is 350 g/mol. The maximum absolute atomic E-state index is 11.7. The zero-order valence-corrected chi connectivity index (χ0v) is 14.2. The molecule has 24 heavy (non-hydrogen) atoms. The van der Waals surface area contributed by atoms with E-state index in [1.807, 2.05) is 0 Å². The average Bonchev–Trinajstić information content (AvgIpc) is 2.56. The molecule has 0 spiro atoms. The molecule has 6 heteroatoms. The second-order valence-electron chi connectivity index (χ2n) is 5.23. The van der Waals surface area contributed by atoms with Crippen LogP contribution < -0.4 is 10.4 Å². The van der Waals surface area contributed by atoms with Crippen LogP contribution in [-0.4, -0.2) is 19.2 Å². The van der Waals surface area contributed by atoms with Crippen molar-refractivity contribution in [1.29, 1.82) is 0 Å². The average molecular weight is 351 g/mol. The highest BCUT2D eigenvalue weighted by atomic mass is 35.5. The fourth-order valence-corrected chi connectivity index (χ4v) is 2.46. The van der Waals surface area contributed by atoms with Gasteiger partial charge in [-0.25, -0.2) is 9.59 Å². The van der Waals surface area contributed by atoms with E-state index in [1.54, 1.807) is 6.07 Å². The minimum Gasteiger partial charge on any atom is -0.480 e. The van der Waals surface area contributed by atoms with Crippen LogP contribution in [0.4, 0.5) is 0 Å². The van der Waals surface area contributed by atoms with Crippen LogP contribution in [0.2, 0.25) is 5.02 Å². The summed E-state index contributed by atoms with van der Waals surface area (Å²) in [6.07, 6.45) is 4.21. The Labute approximate surface area is 144 Å². The molecule has 0 aliphatic rings. The molecule has 0 saturated heterocycles. The van der Waals surface area contributed by atoms with Crippen LogP contribution in [0, 0.1) is 0 Å². The third-order valence-corrected chi connectivity index (χ3v) is 3.69. The first-order valence-corrected chi connectivity index (χ1v) is 8.08. The summed E-state index contributed by atoms with van der Waals surface area (Å²) in [5, 5.41) is 1.11. The fraction of sp³-hybridized carbons (Fsp3) is 0.333. The van der Waals surface area contributed by atoms with E-state index >= 15 is 0 Å². The SMILES string of the molecule is C=CCOC(=O)COc1cc2oc(=O)cc(CCCC)c2cc1Cl. The highest BCUT2D eigenvalue weighted by molar-refractivity contribution is 6.32. The Kier molecular flexibility index (Phi) is 6.44. The Morgan fingerprint density at radius 3 is 2.88 bits per heavy atom. The predicted molar refractivity (Wildman–Crippen MR) is 92.8 cm³/mol. The minimum absolute atomic E-state index is 0.114. The van der Waals surface area contributed by atoms with Crippen LogP contribution >= 0.6 is 11.6 Å². The van der Waals surface area contributed by atoms with Gasteiger partial charge in [-0.05, 0) is 24.5 Å². The molecule has 0 saturated carbocycles. The van der Waals surface area contributed by atoms with Gasteiger partial charge in [0.25, 0.3) is 0 Å². The number of halogens is 1. The van der Waals surface area contributed by atoms with Crippen LogP contribution in [-0.2, 0) is 16.0 Å². The number of hydrogen-bond donors (Lipinski definition) is 0. The molecule has 0 amide bonds. The van der Waals surface area contributed by atoms with E-state index in [1.165, 1.54) is 18.2 Å². The largest absolute Gasteiger partial charge is 0.480 e. The lowest BCUT2D eigenvalue weighted by molar-refractivity contribution is -0.144. The first-order chi connectivity index (χ1) is 11.5. The van der Waals surface area contributed by atoms with Crippen molar-refractivity contribution >= 4 is 28.5 Å². The molecule has 0 atom stereocenters.